The maximum atomic E-state index is 12.5. The summed E-state index contributed by atoms with van der Waals surface area (Å²) in [5.74, 6) is -2.69. The SMILES string of the molecule is CCOC(=O)C(C(=O)OCC)[C@@H](C)[C@@H]1CCCN1C(=O)OC(C)(C)C. The third kappa shape index (κ3) is 5.90. The molecule has 1 aliphatic heterocycles. The molecule has 1 fully saturated rings. The summed E-state index contributed by atoms with van der Waals surface area (Å²) in [4.78, 5) is 38.7. The normalized spacial score (nSPS) is 18.8. The first-order chi connectivity index (χ1) is 11.6. The topological polar surface area (TPSA) is 82.1 Å². The summed E-state index contributed by atoms with van der Waals surface area (Å²) in [5, 5.41) is 0. The zero-order valence-corrected chi connectivity index (χ0v) is 16.2. The van der Waals surface area contributed by atoms with Crippen LogP contribution in [0, 0.1) is 11.8 Å². The second kappa shape index (κ2) is 9.06. The summed E-state index contributed by atoms with van der Waals surface area (Å²) in [6.07, 6.45) is 1.08. The predicted molar refractivity (Wildman–Crippen MR) is 91.9 cm³/mol. The van der Waals surface area contributed by atoms with Crippen LogP contribution in [0.25, 0.3) is 0 Å². The van der Waals surface area contributed by atoms with E-state index in [4.69, 9.17) is 14.2 Å². The van der Waals surface area contributed by atoms with E-state index in [1.165, 1.54) is 0 Å². The molecule has 1 saturated heterocycles. The van der Waals surface area contributed by atoms with Gasteiger partial charge in [0, 0.05) is 18.5 Å². The summed E-state index contributed by atoms with van der Waals surface area (Å²) in [5.41, 5.74) is -0.602. The van der Waals surface area contributed by atoms with Crippen LogP contribution in [0.5, 0.6) is 0 Å². The van der Waals surface area contributed by atoms with Gasteiger partial charge < -0.3 is 19.1 Å². The molecule has 0 radical (unpaired) electrons. The molecular weight excluding hydrogens is 326 g/mol. The number of hydrogen-bond acceptors (Lipinski definition) is 6. The van der Waals surface area contributed by atoms with E-state index in [2.05, 4.69) is 0 Å². The van der Waals surface area contributed by atoms with Crippen molar-refractivity contribution in [3.05, 3.63) is 0 Å². The summed E-state index contributed by atoms with van der Waals surface area (Å²) < 4.78 is 15.6. The fourth-order valence-corrected chi connectivity index (χ4v) is 3.10. The maximum Gasteiger partial charge on any atom is 0.410 e. The second-order valence-electron chi connectivity index (χ2n) is 7.22. The summed E-state index contributed by atoms with van der Waals surface area (Å²) in [6, 6.07) is -0.270. The number of nitrogens with zero attached hydrogens (tertiary/aromatic N) is 1. The van der Waals surface area contributed by atoms with Gasteiger partial charge in [-0.2, -0.15) is 0 Å². The highest BCUT2D eigenvalue weighted by atomic mass is 16.6. The number of carbonyl (C=O) groups is 3. The molecule has 0 aliphatic carbocycles. The van der Waals surface area contributed by atoms with Gasteiger partial charge in [-0.25, -0.2) is 4.79 Å². The standard InChI is InChI=1S/C18H31NO6/c1-7-23-15(20)14(16(21)24-8-2)12(3)13-10-9-11-19(13)17(22)25-18(4,5)6/h12-14H,7-11H2,1-6H3/t12-,13-/m0/s1. The number of amides is 1. The summed E-state index contributed by atoms with van der Waals surface area (Å²) in [7, 11) is 0. The Bertz CT molecular complexity index is 466. The molecule has 2 atom stereocenters. The third-order valence-corrected chi connectivity index (χ3v) is 4.14. The first-order valence-electron chi connectivity index (χ1n) is 8.95. The maximum absolute atomic E-state index is 12.5. The summed E-state index contributed by atoms with van der Waals surface area (Å²) in [6.45, 7) is 11.5. The molecule has 0 N–H and O–H groups in total. The zero-order valence-electron chi connectivity index (χ0n) is 16.2. The van der Waals surface area contributed by atoms with Gasteiger partial charge in [-0.05, 0) is 47.5 Å². The molecule has 0 spiro atoms. The van der Waals surface area contributed by atoms with Gasteiger partial charge in [0.15, 0.2) is 5.92 Å². The Morgan fingerprint density at radius 2 is 1.60 bits per heavy atom. The van der Waals surface area contributed by atoms with Crippen LogP contribution >= 0.6 is 0 Å². The fourth-order valence-electron chi connectivity index (χ4n) is 3.10. The Hall–Kier alpha value is -1.79. The Morgan fingerprint density at radius 1 is 1.08 bits per heavy atom. The van der Waals surface area contributed by atoms with Crippen molar-refractivity contribution < 1.29 is 28.6 Å². The molecule has 144 valence electrons. The van der Waals surface area contributed by atoms with Crippen LogP contribution in [0.1, 0.15) is 54.4 Å². The average Bonchev–Trinajstić information content (AvgIpc) is 2.95. The lowest BCUT2D eigenvalue weighted by atomic mass is 9.86. The minimum atomic E-state index is -1.05. The predicted octanol–water partition coefficient (Wildman–Crippen LogP) is 2.76. The molecule has 7 nitrogen and oxygen atoms in total. The van der Waals surface area contributed by atoms with Gasteiger partial charge in [0.05, 0.1) is 13.2 Å². The van der Waals surface area contributed by atoms with Gasteiger partial charge in [0.1, 0.15) is 5.60 Å². The molecule has 1 heterocycles. The Balaban J connectivity index is 2.97. The lowest BCUT2D eigenvalue weighted by Crippen LogP contribution is -2.47. The largest absolute Gasteiger partial charge is 0.465 e. The number of carbonyl (C=O) groups excluding carboxylic acids is 3. The monoisotopic (exact) mass is 357 g/mol. The molecule has 1 amide bonds. The van der Waals surface area contributed by atoms with Gasteiger partial charge in [-0.15, -0.1) is 0 Å². The number of esters is 2. The Kier molecular flexibility index (Phi) is 7.70. The van der Waals surface area contributed by atoms with Crippen LogP contribution in [-0.2, 0) is 23.8 Å². The second-order valence-corrected chi connectivity index (χ2v) is 7.22. The number of hydrogen-bond donors (Lipinski definition) is 0. The third-order valence-electron chi connectivity index (χ3n) is 4.14. The highest BCUT2D eigenvalue weighted by molar-refractivity contribution is 5.95. The van der Waals surface area contributed by atoms with Crippen molar-refractivity contribution in [1.82, 2.24) is 4.90 Å². The first kappa shape index (κ1) is 21.3. The van der Waals surface area contributed by atoms with Crippen LogP contribution in [0.4, 0.5) is 4.79 Å². The molecule has 0 unspecified atom stereocenters. The van der Waals surface area contributed by atoms with Crippen molar-refractivity contribution in [3.8, 4) is 0 Å². The van der Waals surface area contributed by atoms with E-state index in [0.717, 1.165) is 6.42 Å². The van der Waals surface area contributed by atoms with Crippen LogP contribution in [0.3, 0.4) is 0 Å². The molecular formula is C18H31NO6. The molecule has 25 heavy (non-hydrogen) atoms. The van der Waals surface area contributed by atoms with Gasteiger partial charge in [0.2, 0.25) is 0 Å². The molecule has 7 heteroatoms. The highest BCUT2D eigenvalue weighted by Gasteiger charge is 2.44. The first-order valence-corrected chi connectivity index (χ1v) is 8.95. The number of rotatable bonds is 6. The molecule has 0 bridgehead atoms. The fraction of sp³-hybridized carbons (Fsp3) is 0.833. The van der Waals surface area contributed by atoms with Crippen molar-refractivity contribution in [3.63, 3.8) is 0 Å². The molecule has 0 aromatic rings. The Labute approximate surface area is 150 Å². The van der Waals surface area contributed by atoms with Crippen molar-refractivity contribution in [2.45, 2.75) is 66.0 Å². The van der Waals surface area contributed by atoms with E-state index in [1.807, 2.05) is 0 Å². The lowest BCUT2D eigenvalue weighted by molar-refractivity contribution is -0.165. The van der Waals surface area contributed by atoms with E-state index in [9.17, 15) is 14.4 Å². The van der Waals surface area contributed by atoms with Crippen LogP contribution in [0.15, 0.2) is 0 Å². The molecule has 0 saturated carbocycles. The number of ether oxygens (including phenoxy) is 3. The minimum absolute atomic E-state index is 0.182. The smallest absolute Gasteiger partial charge is 0.410 e. The molecule has 1 rings (SSSR count). The van der Waals surface area contributed by atoms with Gasteiger partial charge in [-0.1, -0.05) is 6.92 Å². The van der Waals surface area contributed by atoms with E-state index in [-0.39, 0.29) is 19.3 Å². The van der Waals surface area contributed by atoms with Crippen molar-refractivity contribution >= 4 is 18.0 Å². The number of likely N-dealkylation sites (tertiary alicyclic amines) is 1. The van der Waals surface area contributed by atoms with Crippen molar-refractivity contribution in [2.75, 3.05) is 19.8 Å². The zero-order chi connectivity index (χ0) is 19.2. The molecule has 0 aromatic heterocycles. The van der Waals surface area contributed by atoms with E-state index in [0.29, 0.717) is 13.0 Å². The molecule has 1 aliphatic rings. The van der Waals surface area contributed by atoms with E-state index < -0.39 is 35.5 Å². The quantitative estimate of drug-likeness (QED) is 0.413. The van der Waals surface area contributed by atoms with Crippen LogP contribution in [0.2, 0.25) is 0 Å². The minimum Gasteiger partial charge on any atom is -0.465 e. The highest BCUT2D eigenvalue weighted by Crippen LogP contribution is 2.31. The van der Waals surface area contributed by atoms with Crippen molar-refractivity contribution in [1.29, 1.82) is 0 Å². The van der Waals surface area contributed by atoms with Gasteiger partial charge in [-0.3, -0.25) is 9.59 Å². The van der Waals surface area contributed by atoms with Gasteiger partial charge >= 0.3 is 18.0 Å². The van der Waals surface area contributed by atoms with E-state index in [1.54, 1.807) is 46.4 Å². The Morgan fingerprint density at radius 3 is 2.04 bits per heavy atom. The van der Waals surface area contributed by atoms with Crippen molar-refractivity contribution in [2.24, 2.45) is 11.8 Å². The molecule has 0 aromatic carbocycles. The average molecular weight is 357 g/mol. The van der Waals surface area contributed by atoms with Gasteiger partial charge in [0.25, 0.3) is 0 Å². The van der Waals surface area contributed by atoms with Crippen LogP contribution < -0.4 is 0 Å². The van der Waals surface area contributed by atoms with E-state index >= 15 is 0 Å². The van der Waals surface area contributed by atoms with Crippen LogP contribution in [-0.4, -0.2) is 54.3 Å². The summed E-state index contributed by atoms with van der Waals surface area (Å²) >= 11 is 0. The lowest BCUT2D eigenvalue weighted by Gasteiger charge is -2.33.